The lowest BCUT2D eigenvalue weighted by Crippen LogP contribution is -2.21. The standard InChI is InChI=1S/C18H23N3O4/c1-17(2,3)13-7-10(8-14(19-13)18(4,5)6)21-12(16(24)25)9-11(20-21)15(22)23/h7-9H,1-6H3,(H,22,23)(H,24,25). The lowest BCUT2D eigenvalue weighted by molar-refractivity contribution is 0.0679. The average Bonchev–Trinajstić information content (AvgIpc) is 2.90. The number of nitrogens with zero attached hydrogens (tertiary/aromatic N) is 3. The van der Waals surface area contributed by atoms with Gasteiger partial charge in [-0.3, -0.25) is 4.98 Å². The third-order valence-electron chi connectivity index (χ3n) is 3.74. The van der Waals surface area contributed by atoms with E-state index in [1.165, 1.54) is 0 Å². The molecule has 2 aromatic heterocycles. The van der Waals surface area contributed by atoms with E-state index < -0.39 is 11.9 Å². The monoisotopic (exact) mass is 345 g/mol. The highest BCUT2D eigenvalue weighted by Gasteiger charge is 2.25. The van der Waals surface area contributed by atoms with Crippen LogP contribution >= 0.6 is 0 Å². The zero-order valence-corrected chi connectivity index (χ0v) is 15.3. The number of pyridine rings is 1. The number of aromatic carboxylic acids is 2. The first kappa shape index (κ1) is 18.6. The molecule has 2 heterocycles. The summed E-state index contributed by atoms with van der Waals surface area (Å²) in [5, 5.41) is 22.5. The maximum atomic E-state index is 11.5. The molecular formula is C18H23N3O4. The average molecular weight is 345 g/mol. The number of carboxylic acid groups (broad SMARTS) is 2. The van der Waals surface area contributed by atoms with Crippen molar-refractivity contribution in [3.05, 3.63) is 41.0 Å². The summed E-state index contributed by atoms with van der Waals surface area (Å²) in [6.07, 6.45) is 0. The summed E-state index contributed by atoms with van der Waals surface area (Å²) in [6.45, 7) is 12.1. The Morgan fingerprint density at radius 1 is 0.880 bits per heavy atom. The van der Waals surface area contributed by atoms with Crippen LogP contribution in [0.25, 0.3) is 5.69 Å². The molecule has 0 saturated heterocycles. The number of carboxylic acids is 2. The van der Waals surface area contributed by atoms with Gasteiger partial charge in [0, 0.05) is 28.3 Å². The number of rotatable bonds is 3. The SMILES string of the molecule is CC(C)(C)c1cc(-n2nc(C(=O)O)cc2C(=O)O)cc(C(C)(C)C)n1. The van der Waals surface area contributed by atoms with Crippen molar-refractivity contribution in [2.75, 3.05) is 0 Å². The summed E-state index contributed by atoms with van der Waals surface area (Å²) < 4.78 is 1.15. The molecule has 0 aliphatic carbocycles. The Balaban J connectivity index is 2.78. The first-order valence-electron chi connectivity index (χ1n) is 7.91. The van der Waals surface area contributed by atoms with Gasteiger partial charge in [0.05, 0.1) is 5.69 Å². The van der Waals surface area contributed by atoms with Crippen molar-refractivity contribution in [2.45, 2.75) is 52.4 Å². The van der Waals surface area contributed by atoms with E-state index in [1.807, 2.05) is 41.5 Å². The number of aromatic nitrogens is 3. The van der Waals surface area contributed by atoms with Crippen LogP contribution in [0.5, 0.6) is 0 Å². The van der Waals surface area contributed by atoms with Gasteiger partial charge in [0.2, 0.25) is 0 Å². The Bertz CT molecular complexity index is 807. The zero-order valence-electron chi connectivity index (χ0n) is 15.3. The van der Waals surface area contributed by atoms with Gasteiger partial charge in [0.25, 0.3) is 0 Å². The van der Waals surface area contributed by atoms with Gasteiger partial charge in [0.15, 0.2) is 11.4 Å². The summed E-state index contributed by atoms with van der Waals surface area (Å²) in [5.74, 6) is -2.52. The summed E-state index contributed by atoms with van der Waals surface area (Å²) in [5.41, 5.74) is 0.990. The molecule has 2 N–H and O–H groups in total. The van der Waals surface area contributed by atoms with Gasteiger partial charge in [-0.1, -0.05) is 41.5 Å². The normalized spacial score (nSPS) is 12.2. The first-order valence-corrected chi connectivity index (χ1v) is 7.91. The van der Waals surface area contributed by atoms with Crippen molar-refractivity contribution in [2.24, 2.45) is 0 Å². The minimum Gasteiger partial charge on any atom is -0.477 e. The van der Waals surface area contributed by atoms with Crippen molar-refractivity contribution in [1.82, 2.24) is 14.8 Å². The molecule has 0 aliphatic rings. The molecule has 0 amide bonds. The highest BCUT2D eigenvalue weighted by Crippen LogP contribution is 2.29. The second-order valence-corrected chi connectivity index (χ2v) is 8.03. The van der Waals surface area contributed by atoms with Crippen LogP contribution in [0.15, 0.2) is 18.2 Å². The summed E-state index contributed by atoms with van der Waals surface area (Å²) in [6, 6.07) is 4.55. The van der Waals surface area contributed by atoms with Crippen LogP contribution in [-0.2, 0) is 10.8 Å². The van der Waals surface area contributed by atoms with Crippen molar-refractivity contribution in [3.8, 4) is 5.69 Å². The molecule has 0 unspecified atom stereocenters. The van der Waals surface area contributed by atoms with E-state index in [0.29, 0.717) is 5.69 Å². The molecule has 7 heteroatoms. The minimum absolute atomic E-state index is 0.205. The van der Waals surface area contributed by atoms with Crippen LogP contribution in [0, 0.1) is 0 Å². The Morgan fingerprint density at radius 2 is 1.36 bits per heavy atom. The van der Waals surface area contributed by atoms with E-state index >= 15 is 0 Å². The highest BCUT2D eigenvalue weighted by molar-refractivity contribution is 5.92. The number of hydrogen-bond acceptors (Lipinski definition) is 4. The Kier molecular flexibility index (Phi) is 4.46. The van der Waals surface area contributed by atoms with E-state index in [4.69, 9.17) is 10.1 Å². The third-order valence-corrected chi connectivity index (χ3v) is 3.74. The summed E-state index contributed by atoms with van der Waals surface area (Å²) in [4.78, 5) is 27.4. The molecule has 0 fully saturated rings. The van der Waals surface area contributed by atoms with Crippen molar-refractivity contribution in [1.29, 1.82) is 0 Å². The minimum atomic E-state index is -1.28. The largest absolute Gasteiger partial charge is 0.477 e. The second-order valence-electron chi connectivity index (χ2n) is 8.03. The molecule has 0 atom stereocenters. The molecule has 0 aromatic carbocycles. The summed E-state index contributed by atoms with van der Waals surface area (Å²) >= 11 is 0. The van der Waals surface area contributed by atoms with E-state index in [2.05, 4.69) is 5.10 Å². The predicted octanol–water partition coefficient (Wildman–Crippen LogP) is 3.26. The highest BCUT2D eigenvalue weighted by atomic mass is 16.4. The van der Waals surface area contributed by atoms with Crippen LogP contribution in [0.2, 0.25) is 0 Å². The number of carbonyl (C=O) groups is 2. The van der Waals surface area contributed by atoms with E-state index in [0.717, 1.165) is 22.1 Å². The van der Waals surface area contributed by atoms with Gasteiger partial charge < -0.3 is 10.2 Å². The Labute approximate surface area is 146 Å². The second kappa shape index (κ2) is 5.98. The van der Waals surface area contributed by atoms with Gasteiger partial charge in [-0.2, -0.15) is 5.10 Å². The van der Waals surface area contributed by atoms with E-state index in [-0.39, 0.29) is 22.2 Å². The fourth-order valence-corrected chi connectivity index (χ4v) is 2.24. The van der Waals surface area contributed by atoms with Gasteiger partial charge in [0.1, 0.15) is 0 Å². The molecule has 2 rings (SSSR count). The maximum absolute atomic E-state index is 11.5. The molecule has 0 saturated carbocycles. The lowest BCUT2D eigenvalue weighted by atomic mass is 9.87. The van der Waals surface area contributed by atoms with Crippen LogP contribution in [0.3, 0.4) is 0 Å². The number of hydrogen-bond donors (Lipinski definition) is 2. The molecular weight excluding hydrogens is 322 g/mol. The molecule has 0 radical (unpaired) electrons. The van der Waals surface area contributed by atoms with Crippen LogP contribution in [0.1, 0.15) is 73.9 Å². The molecule has 0 spiro atoms. The topological polar surface area (TPSA) is 105 Å². The van der Waals surface area contributed by atoms with Gasteiger partial charge in [-0.15, -0.1) is 0 Å². The van der Waals surface area contributed by atoms with Gasteiger partial charge in [-0.25, -0.2) is 14.3 Å². The third kappa shape index (κ3) is 3.87. The quantitative estimate of drug-likeness (QED) is 0.884. The molecule has 0 aliphatic heterocycles. The van der Waals surface area contributed by atoms with Crippen molar-refractivity contribution >= 4 is 11.9 Å². The molecule has 134 valence electrons. The maximum Gasteiger partial charge on any atom is 0.356 e. The van der Waals surface area contributed by atoms with Crippen molar-refractivity contribution in [3.63, 3.8) is 0 Å². The zero-order chi connectivity index (χ0) is 19.2. The lowest BCUT2D eigenvalue weighted by Gasteiger charge is -2.25. The smallest absolute Gasteiger partial charge is 0.356 e. The van der Waals surface area contributed by atoms with Gasteiger partial charge in [-0.05, 0) is 12.1 Å². The Morgan fingerprint density at radius 3 is 1.72 bits per heavy atom. The molecule has 2 aromatic rings. The fraction of sp³-hybridized carbons (Fsp3) is 0.444. The van der Waals surface area contributed by atoms with Crippen molar-refractivity contribution < 1.29 is 19.8 Å². The first-order chi connectivity index (χ1) is 11.3. The van der Waals surface area contributed by atoms with E-state index in [9.17, 15) is 14.7 Å². The molecule has 25 heavy (non-hydrogen) atoms. The molecule has 0 bridgehead atoms. The van der Waals surface area contributed by atoms with Crippen LogP contribution in [0.4, 0.5) is 0 Å². The van der Waals surface area contributed by atoms with Crippen LogP contribution in [-0.4, -0.2) is 36.9 Å². The predicted molar refractivity (Wildman–Crippen MR) is 92.7 cm³/mol. The Hall–Kier alpha value is -2.70. The van der Waals surface area contributed by atoms with Crippen LogP contribution < -0.4 is 0 Å². The summed E-state index contributed by atoms with van der Waals surface area (Å²) in [7, 11) is 0. The fourth-order valence-electron chi connectivity index (χ4n) is 2.24. The molecule has 7 nitrogen and oxygen atoms in total. The van der Waals surface area contributed by atoms with Gasteiger partial charge >= 0.3 is 11.9 Å². The van der Waals surface area contributed by atoms with E-state index in [1.54, 1.807) is 12.1 Å².